The Morgan fingerprint density at radius 3 is 2.87 bits per heavy atom. The Morgan fingerprint density at radius 1 is 1.22 bits per heavy atom. The molecule has 7 heteroatoms. The van der Waals surface area contributed by atoms with E-state index in [1.54, 1.807) is 17.1 Å². The first-order chi connectivity index (χ1) is 11.1. The van der Waals surface area contributed by atoms with Crippen molar-refractivity contribution in [2.75, 3.05) is 0 Å². The Hall–Kier alpha value is -2.96. The Morgan fingerprint density at radius 2 is 2.09 bits per heavy atom. The summed E-state index contributed by atoms with van der Waals surface area (Å²) in [4.78, 5) is 8.94. The Kier molecular flexibility index (Phi) is 3.00. The summed E-state index contributed by atoms with van der Waals surface area (Å²) in [6, 6.07) is 5.99. The number of oxazole rings is 1. The van der Waals surface area contributed by atoms with Crippen molar-refractivity contribution in [1.82, 2.24) is 29.5 Å². The third-order valence-corrected chi connectivity index (χ3v) is 3.76. The van der Waals surface area contributed by atoms with Crippen LogP contribution in [-0.2, 0) is 7.05 Å². The fourth-order valence-corrected chi connectivity index (χ4v) is 2.54. The summed E-state index contributed by atoms with van der Waals surface area (Å²) in [5.74, 6) is 1.69. The van der Waals surface area contributed by atoms with Crippen LogP contribution in [0.1, 0.15) is 25.7 Å². The molecule has 0 amide bonds. The molecular formula is C16H16N6O. The van der Waals surface area contributed by atoms with Gasteiger partial charge in [0.1, 0.15) is 17.5 Å². The summed E-state index contributed by atoms with van der Waals surface area (Å²) >= 11 is 0. The first-order valence-corrected chi connectivity index (χ1v) is 7.42. The average Bonchev–Trinajstić information content (AvgIpc) is 3.25. The maximum atomic E-state index is 5.52. The molecule has 7 nitrogen and oxygen atoms in total. The van der Waals surface area contributed by atoms with E-state index in [1.807, 2.05) is 49.9 Å². The SMILES string of the molecule is CC(C)c1nc(-c2nccn2-c2ccc3c(c2)nnn3C)co1. The molecule has 116 valence electrons. The van der Waals surface area contributed by atoms with Crippen LogP contribution in [0.5, 0.6) is 0 Å². The first kappa shape index (κ1) is 13.7. The van der Waals surface area contributed by atoms with E-state index in [0.717, 1.165) is 28.2 Å². The second-order valence-electron chi connectivity index (χ2n) is 5.73. The molecule has 23 heavy (non-hydrogen) atoms. The van der Waals surface area contributed by atoms with Gasteiger partial charge in [0.05, 0.1) is 5.52 Å². The van der Waals surface area contributed by atoms with Crippen molar-refractivity contribution < 1.29 is 4.42 Å². The lowest BCUT2D eigenvalue weighted by atomic mass is 10.2. The normalized spacial score (nSPS) is 11.7. The van der Waals surface area contributed by atoms with Crippen LogP contribution >= 0.6 is 0 Å². The van der Waals surface area contributed by atoms with Gasteiger partial charge >= 0.3 is 0 Å². The molecule has 4 aromatic rings. The van der Waals surface area contributed by atoms with E-state index in [4.69, 9.17) is 4.42 Å². The minimum Gasteiger partial charge on any atom is -0.448 e. The van der Waals surface area contributed by atoms with E-state index in [1.165, 1.54) is 0 Å². The molecule has 0 aliphatic rings. The van der Waals surface area contributed by atoms with E-state index in [0.29, 0.717) is 5.89 Å². The molecular weight excluding hydrogens is 292 g/mol. The molecule has 4 rings (SSSR count). The van der Waals surface area contributed by atoms with Crippen LogP contribution in [0, 0.1) is 0 Å². The first-order valence-electron chi connectivity index (χ1n) is 7.42. The highest BCUT2D eigenvalue weighted by Gasteiger charge is 2.15. The van der Waals surface area contributed by atoms with Gasteiger partial charge in [-0.2, -0.15) is 0 Å². The molecule has 3 aromatic heterocycles. The number of fused-ring (bicyclic) bond motifs is 1. The van der Waals surface area contributed by atoms with Crippen LogP contribution in [0.2, 0.25) is 0 Å². The van der Waals surface area contributed by atoms with Crippen molar-refractivity contribution in [3.8, 4) is 17.2 Å². The van der Waals surface area contributed by atoms with Crippen LogP contribution in [0.4, 0.5) is 0 Å². The minimum absolute atomic E-state index is 0.239. The van der Waals surface area contributed by atoms with E-state index < -0.39 is 0 Å². The summed E-state index contributed by atoms with van der Waals surface area (Å²) < 4.78 is 9.24. The van der Waals surface area contributed by atoms with Crippen molar-refractivity contribution in [2.24, 2.45) is 7.05 Å². The van der Waals surface area contributed by atoms with E-state index in [9.17, 15) is 0 Å². The molecule has 0 saturated heterocycles. The molecule has 0 aliphatic heterocycles. The van der Waals surface area contributed by atoms with Gasteiger partial charge in [-0.25, -0.2) is 14.6 Å². The second kappa shape index (κ2) is 5.05. The average molecular weight is 308 g/mol. The topological polar surface area (TPSA) is 74.6 Å². The maximum absolute atomic E-state index is 5.52. The maximum Gasteiger partial charge on any atom is 0.197 e. The summed E-state index contributed by atoms with van der Waals surface area (Å²) in [7, 11) is 1.88. The summed E-state index contributed by atoms with van der Waals surface area (Å²) in [6.45, 7) is 4.09. The number of hydrogen-bond acceptors (Lipinski definition) is 5. The monoisotopic (exact) mass is 308 g/mol. The predicted molar refractivity (Wildman–Crippen MR) is 85.2 cm³/mol. The van der Waals surface area contributed by atoms with Crippen LogP contribution in [0.3, 0.4) is 0 Å². The predicted octanol–water partition coefficient (Wildman–Crippen LogP) is 2.93. The highest BCUT2D eigenvalue weighted by atomic mass is 16.3. The van der Waals surface area contributed by atoms with Crippen LogP contribution in [-0.4, -0.2) is 29.5 Å². The molecule has 1 aromatic carbocycles. The lowest BCUT2D eigenvalue weighted by molar-refractivity contribution is 0.471. The molecule has 0 radical (unpaired) electrons. The molecule has 3 heterocycles. The second-order valence-corrected chi connectivity index (χ2v) is 5.73. The molecule has 0 aliphatic carbocycles. The van der Waals surface area contributed by atoms with Gasteiger partial charge in [0.2, 0.25) is 0 Å². The fourth-order valence-electron chi connectivity index (χ4n) is 2.54. The van der Waals surface area contributed by atoms with Gasteiger partial charge in [0, 0.05) is 31.0 Å². The quantitative estimate of drug-likeness (QED) is 0.581. The third-order valence-electron chi connectivity index (χ3n) is 3.76. The third kappa shape index (κ3) is 2.21. The van der Waals surface area contributed by atoms with Crippen LogP contribution in [0.15, 0.2) is 41.3 Å². The van der Waals surface area contributed by atoms with Gasteiger partial charge in [-0.15, -0.1) is 5.10 Å². The van der Waals surface area contributed by atoms with Gasteiger partial charge in [-0.05, 0) is 18.2 Å². The van der Waals surface area contributed by atoms with Gasteiger partial charge < -0.3 is 4.42 Å². The Bertz CT molecular complexity index is 977. The van der Waals surface area contributed by atoms with Gasteiger partial charge in [0.15, 0.2) is 11.7 Å². The van der Waals surface area contributed by atoms with E-state index in [2.05, 4.69) is 20.3 Å². The zero-order valence-electron chi connectivity index (χ0n) is 13.1. The van der Waals surface area contributed by atoms with E-state index in [-0.39, 0.29) is 5.92 Å². The zero-order valence-corrected chi connectivity index (χ0v) is 13.1. The minimum atomic E-state index is 0.239. The molecule has 0 bridgehead atoms. The number of imidazole rings is 1. The van der Waals surface area contributed by atoms with Crippen molar-refractivity contribution in [2.45, 2.75) is 19.8 Å². The molecule has 0 atom stereocenters. The lowest BCUT2D eigenvalue weighted by Gasteiger charge is -2.06. The Labute approximate surface area is 132 Å². The standard InChI is InChI=1S/C16H16N6O/c1-10(2)16-18-13(9-23-16)15-17-6-7-22(15)11-4-5-14-12(8-11)19-20-21(14)3/h4-10H,1-3H3. The highest BCUT2D eigenvalue weighted by Crippen LogP contribution is 2.24. The number of nitrogens with zero attached hydrogens (tertiary/aromatic N) is 6. The molecule has 0 fully saturated rings. The molecule has 0 spiro atoms. The smallest absolute Gasteiger partial charge is 0.197 e. The summed E-state index contributed by atoms with van der Waals surface area (Å²) in [5.41, 5.74) is 3.50. The van der Waals surface area contributed by atoms with E-state index >= 15 is 0 Å². The van der Waals surface area contributed by atoms with Gasteiger partial charge in [0.25, 0.3) is 0 Å². The summed E-state index contributed by atoms with van der Waals surface area (Å²) in [6.07, 6.45) is 5.30. The summed E-state index contributed by atoms with van der Waals surface area (Å²) in [5, 5.41) is 8.20. The number of rotatable bonds is 3. The highest BCUT2D eigenvalue weighted by molar-refractivity contribution is 5.77. The number of aryl methyl sites for hydroxylation is 1. The van der Waals surface area contributed by atoms with Crippen LogP contribution in [0.25, 0.3) is 28.2 Å². The lowest BCUT2D eigenvalue weighted by Crippen LogP contribution is -1.97. The van der Waals surface area contributed by atoms with Crippen molar-refractivity contribution in [1.29, 1.82) is 0 Å². The molecule has 0 N–H and O–H groups in total. The van der Waals surface area contributed by atoms with Gasteiger partial charge in [-0.1, -0.05) is 19.1 Å². The Balaban J connectivity index is 1.81. The number of benzene rings is 1. The molecule has 0 unspecified atom stereocenters. The largest absolute Gasteiger partial charge is 0.448 e. The fraction of sp³-hybridized carbons (Fsp3) is 0.250. The van der Waals surface area contributed by atoms with Crippen molar-refractivity contribution in [3.63, 3.8) is 0 Å². The van der Waals surface area contributed by atoms with Crippen LogP contribution < -0.4 is 0 Å². The zero-order chi connectivity index (χ0) is 16.0. The molecule has 0 saturated carbocycles. The van der Waals surface area contributed by atoms with Gasteiger partial charge in [-0.3, -0.25) is 4.57 Å². The van der Waals surface area contributed by atoms with Crippen molar-refractivity contribution in [3.05, 3.63) is 42.7 Å². The number of hydrogen-bond donors (Lipinski definition) is 0. The number of aromatic nitrogens is 6. The van der Waals surface area contributed by atoms with Crippen molar-refractivity contribution >= 4 is 11.0 Å².